The maximum Gasteiger partial charge on any atom is 0.269 e. The maximum absolute atomic E-state index is 9.04. The van der Waals surface area contributed by atoms with Crippen LogP contribution >= 0.6 is 0 Å². The molecule has 0 saturated heterocycles. The summed E-state index contributed by atoms with van der Waals surface area (Å²) in [4.78, 5) is 5.10. The number of nitrogens with zero attached hydrogens (tertiary/aromatic N) is 4. The lowest BCUT2D eigenvalue weighted by atomic mass is 9.86. The van der Waals surface area contributed by atoms with Crippen molar-refractivity contribution in [3.05, 3.63) is 224 Å². The Morgan fingerprint density at radius 1 is 0.600 bits per heavy atom. The first-order valence-electron chi connectivity index (χ1n) is 26.6. The lowest BCUT2D eigenvalue weighted by Gasteiger charge is -2.19. The molecule has 314 valence electrons. The van der Waals surface area contributed by atoms with Crippen LogP contribution in [-0.2, 0) is 11.8 Å². The Bertz CT molecular complexity index is 4000. The predicted octanol–water partition coefficient (Wildman–Crippen LogP) is 14.9. The number of pyridine rings is 1. The van der Waals surface area contributed by atoms with E-state index >= 15 is 0 Å². The molecule has 0 aliphatic heterocycles. The van der Waals surface area contributed by atoms with E-state index in [9.17, 15) is 0 Å². The summed E-state index contributed by atoms with van der Waals surface area (Å²) < 4.78 is 99.7. The van der Waals surface area contributed by atoms with E-state index in [2.05, 4.69) is 81.1 Å². The van der Waals surface area contributed by atoms with E-state index < -0.39 is 60.4 Å². The van der Waals surface area contributed by atoms with E-state index in [4.69, 9.17) is 23.4 Å². The van der Waals surface area contributed by atoms with Crippen molar-refractivity contribution in [2.24, 2.45) is 0 Å². The van der Waals surface area contributed by atoms with Crippen molar-refractivity contribution in [3.63, 3.8) is 0 Å². The smallest absolute Gasteiger partial charge is 0.269 e. The summed E-state index contributed by atoms with van der Waals surface area (Å²) in [5.41, 5.74) is 8.54. The highest BCUT2D eigenvalue weighted by Crippen LogP contribution is 2.39. The van der Waals surface area contributed by atoms with Crippen LogP contribution in [0.15, 0.2) is 206 Å². The van der Waals surface area contributed by atoms with Gasteiger partial charge in [-0.2, -0.15) is 0 Å². The number of fused-ring (bicyclic) bond motifs is 4. The molecule has 3 heterocycles. The predicted molar refractivity (Wildman–Crippen MR) is 267 cm³/mol. The number of aryl methyl sites for hydroxylation is 1. The first-order chi connectivity index (χ1) is 36.0. The molecule has 11 aromatic rings. The molecule has 65 heavy (non-hydrogen) atoms. The second kappa shape index (κ2) is 16.3. The monoisotopic (exact) mass is 850 g/mol. The lowest BCUT2D eigenvalue weighted by Crippen LogP contribution is -2.31. The summed E-state index contributed by atoms with van der Waals surface area (Å²) in [7, 11) is 0. The van der Waals surface area contributed by atoms with E-state index in [1.54, 1.807) is 27.3 Å². The summed E-state index contributed by atoms with van der Waals surface area (Å²) in [6, 6.07) is 39.7. The van der Waals surface area contributed by atoms with Crippen LogP contribution in [0.25, 0.3) is 83.4 Å². The number of hydrogen-bond donors (Lipinski definition) is 0. The minimum absolute atomic E-state index is 0.0796. The maximum atomic E-state index is 9.04. The van der Waals surface area contributed by atoms with Gasteiger partial charge in [0.1, 0.15) is 17.3 Å². The van der Waals surface area contributed by atoms with Gasteiger partial charge in [0.05, 0.1) is 47.1 Å². The molecule has 11 rings (SSSR count). The quantitative estimate of drug-likeness (QED) is 0.107. The minimum atomic E-state index is -0.566. The molecule has 0 aliphatic rings. The highest BCUT2D eigenvalue weighted by Gasteiger charge is 2.22. The molecule has 8 aromatic carbocycles. The van der Waals surface area contributed by atoms with Crippen LogP contribution < -0.4 is 9.30 Å². The molecule has 3 aromatic heterocycles. The van der Waals surface area contributed by atoms with Crippen LogP contribution in [0.5, 0.6) is 11.5 Å². The molecule has 0 fully saturated rings. The zero-order valence-corrected chi connectivity index (χ0v) is 36.3. The van der Waals surface area contributed by atoms with Gasteiger partial charge in [-0.3, -0.25) is 13.7 Å². The Morgan fingerprint density at radius 3 is 2.02 bits per heavy atom. The summed E-state index contributed by atoms with van der Waals surface area (Å²) in [5, 5.41) is 2.15. The fourth-order valence-corrected chi connectivity index (χ4v) is 8.75. The van der Waals surface area contributed by atoms with Gasteiger partial charge in [0.15, 0.2) is 0 Å². The highest BCUT2D eigenvalue weighted by molar-refractivity contribution is 6.10. The molecule has 0 unspecified atom stereocenters. The van der Waals surface area contributed by atoms with Crippen LogP contribution in [0, 0.1) is 6.33 Å². The summed E-state index contributed by atoms with van der Waals surface area (Å²) in [5.74, 6) is 1.89. The molecular formula is C60H48N4O. The van der Waals surface area contributed by atoms with Gasteiger partial charge in [-0.1, -0.05) is 173 Å². The number of hydrogen-bond acceptors (Lipinski definition) is 2. The third-order valence-corrected chi connectivity index (χ3v) is 11.9. The van der Waals surface area contributed by atoms with Crippen LogP contribution in [0.3, 0.4) is 0 Å². The van der Waals surface area contributed by atoms with E-state index in [0.29, 0.717) is 28.2 Å². The Labute approximate surface area is 394 Å². The van der Waals surface area contributed by atoms with Crippen molar-refractivity contribution in [1.29, 1.82) is 0 Å². The second-order valence-electron chi connectivity index (χ2n) is 17.0. The molecule has 5 nitrogen and oxygen atoms in total. The van der Waals surface area contributed by atoms with Crippen molar-refractivity contribution in [2.45, 2.75) is 39.5 Å². The average Bonchev–Trinajstić information content (AvgIpc) is 3.97. The van der Waals surface area contributed by atoms with Crippen LogP contribution in [-0.4, -0.2) is 14.1 Å². The SMILES string of the molecule is [2H]c1c([2H])c([2H])c(-c2cccc(-c3c([2H])c([2H])c([2H])c([2H])c3[2H])c2-[n+]2[c-]n(-c3cccc(Oc4ccc5c6cc(C(C)(C)C)ccc6n(-c6cc(CC)c(-c7ccccc7)cn6)c5c4)c3)c3ccccc32)c([2H])c1[2H]. The topological polar surface area (TPSA) is 35.9 Å². The average molecular weight is 851 g/mol. The standard InChI is InChI=1S/C60H48N4O/c1-5-41-35-58(61-39-53(41)44-23-13-8-14-24-44)64-54-34-31-45(60(2,3)4)36-52(54)51-33-32-48(38-57(51)64)65-47-26-17-25-46(37-47)62-40-63(56-30-16-15-29-55(56)62)59-49(42-19-9-6-10-20-42)27-18-28-50(59)43-21-11-7-12-22-43/h6-39H,5H2,1-4H3/i6D,7D,9D,10D,11D,12D,19D,20D,21D,22D. The molecule has 0 aliphatic carbocycles. The second-order valence-corrected chi connectivity index (χ2v) is 17.0. The zero-order chi connectivity index (χ0) is 52.8. The summed E-state index contributed by atoms with van der Waals surface area (Å²) in [6.45, 7) is 8.80. The molecule has 0 amide bonds. The number of imidazole rings is 1. The van der Waals surface area contributed by atoms with E-state index in [-0.39, 0.29) is 33.4 Å². The number of ether oxygens (including phenoxy) is 1. The van der Waals surface area contributed by atoms with Crippen molar-refractivity contribution in [3.8, 4) is 62.1 Å². The lowest BCUT2D eigenvalue weighted by molar-refractivity contribution is -0.571. The van der Waals surface area contributed by atoms with Crippen LogP contribution in [0.1, 0.15) is 52.5 Å². The normalized spacial score (nSPS) is 13.9. The van der Waals surface area contributed by atoms with Gasteiger partial charge in [0.25, 0.3) is 6.33 Å². The highest BCUT2D eigenvalue weighted by atomic mass is 16.5. The Balaban J connectivity index is 1.07. The van der Waals surface area contributed by atoms with Crippen molar-refractivity contribution < 1.29 is 23.0 Å². The van der Waals surface area contributed by atoms with Gasteiger partial charge in [-0.15, -0.1) is 0 Å². The fourth-order valence-electron chi connectivity index (χ4n) is 8.75. The molecule has 0 atom stereocenters. The first-order valence-corrected chi connectivity index (χ1v) is 21.6. The van der Waals surface area contributed by atoms with Gasteiger partial charge < -0.3 is 4.74 Å². The summed E-state index contributed by atoms with van der Waals surface area (Å²) in [6.07, 6.45) is 6.24. The summed E-state index contributed by atoms with van der Waals surface area (Å²) >= 11 is 0. The Morgan fingerprint density at radius 2 is 1.29 bits per heavy atom. The largest absolute Gasteiger partial charge is 0.458 e. The van der Waals surface area contributed by atoms with E-state index in [1.165, 1.54) is 11.1 Å². The van der Waals surface area contributed by atoms with E-state index in [0.717, 1.165) is 45.2 Å². The van der Waals surface area contributed by atoms with Gasteiger partial charge in [-0.05, 0) is 99.3 Å². The van der Waals surface area contributed by atoms with E-state index in [1.807, 2.05) is 85.1 Å². The Kier molecular flexibility index (Phi) is 7.54. The van der Waals surface area contributed by atoms with Gasteiger partial charge in [0, 0.05) is 28.6 Å². The van der Waals surface area contributed by atoms with Crippen molar-refractivity contribution in [2.75, 3.05) is 0 Å². The molecule has 0 bridgehead atoms. The molecule has 0 saturated carbocycles. The fraction of sp³-hybridized carbons (Fsp3) is 0.100. The van der Waals surface area contributed by atoms with Gasteiger partial charge >= 0.3 is 0 Å². The van der Waals surface area contributed by atoms with Gasteiger partial charge in [0.2, 0.25) is 0 Å². The first kappa shape index (κ1) is 30.1. The minimum Gasteiger partial charge on any atom is -0.458 e. The zero-order valence-electron chi connectivity index (χ0n) is 46.3. The third kappa shape index (κ3) is 7.25. The van der Waals surface area contributed by atoms with Crippen LogP contribution in [0.4, 0.5) is 0 Å². The molecule has 0 spiro atoms. The third-order valence-electron chi connectivity index (χ3n) is 11.9. The number of benzene rings is 8. The molecule has 0 radical (unpaired) electrons. The molecule has 0 N–H and O–H groups in total. The number of aromatic nitrogens is 4. The Hall–Kier alpha value is -8.02. The van der Waals surface area contributed by atoms with Crippen molar-refractivity contribution in [1.82, 2.24) is 14.1 Å². The van der Waals surface area contributed by atoms with Crippen molar-refractivity contribution >= 4 is 32.8 Å². The number of rotatable bonds is 9. The molecule has 5 heteroatoms. The van der Waals surface area contributed by atoms with Gasteiger partial charge in [-0.25, -0.2) is 4.98 Å². The van der Waals surface area contributed by atoms with Crippen LogP contribution in [0.2, 0.25) is 0 Å². The molecular weight excluding hydrogens is 793 g/mol. The number of para-hydroxylation sites is 3.